The number of piperazine rings is 1. The lowest BCUT2D eigenvalue weighted by molar-refractivity contribution is -0.132. The number of fused-ring (bicyclic) bond motifs is 2. The Hall–Kier alpha value is -4.09. The second-order valence-corrected chi connectivity index (χ2v) is 10.1. The Kier molecular flexibility index (Phi) is 7.45. The zero-order valence-corrected chi connectivity index (χ0v) is 21.8. The summed E-state index contributed by atoms with van der Waals surface area (Å²) in [6.07, 6.45) is -0.155. The van der Waals surface area contributed by atoms with Crippen molar-refractivity contribution in [3.63, 3.8) is 0 Å². The Morgan fingerprint density at radius 1 is 0.846 bits per heavy atom. The minimum absolute atomic E-state index is 0.0632. The number of Topliss-reactive ketones (excluding diaryl/α,β-unsaturated/α-hetero) is 2. The standard InChI is InChI=1S/C27H26ClN5O6/c28-17-5-6-21-19(13-17)26(38)27(39)33(21)16-25(37)31-11-9-30(10-12-31)15-18(34)14-24(36)32-8-7-23(35)29-20-3-1-2-4-22(20)32/h1-6,13H,7-12,14-16H2,(H,29,35). The third kappa shape index (κ3) is 5.55. The molecule has 1 saturated heterocycles. The molecular weight excluding hydrogens is 526 g/mol. The van der Waals surface area contributed by atoms with Gasteiger partial charge in [-0.3, -0.25) is 38.6 Å². The molecule has 0 radical (unpaired) electrons. The van der Waals surface area contributed by atoms with Crippen LogP contribution < -0.4 is 15.1 Å². The number of halogens is 1. The normalized spacial score (nSPS) is 17.5. The van der Waals surface area contributed by atoms with E-state index in [1.165, 1.54) is 15.9 Å². The summed E-state index contributed by atoms with van der Waals surface area (Å²) in [6, 6.07) is 11.5. The number of ketones is 2. The lowest BCUT2D eigenvalue weighted by atomic mass is 10.1. The SMILES string of the molecule is O=C(CC(=O)N1CCC(=O)Nc2ccccc21)CN1CCN(C(=O)CN2C(=O)C(=O)c3cc(Cl)ccc32)CC1. The van der Waals surface area contributed by atoms with Gasteiger partial charge in [-0.2, -0.15) is 0 Å². The number of anilines is 3. The van der Waals surface area contributed by atoms with E-state index in [9.17, 15) is 28.8 Å². The van der Waals surface area contributed by atoms with Crippen LogP contribution in [0.3, 0.4) is 0 Å². The summed E-state index contributed by atoms with van der Waals surface area (Å²) in [5, 5.41) is 3.10. The number of nitrogens with zero attached hydrogens (tertiary/aromatic N) is 4. The molecule has 3 heterocycles. The van der Waals surface area contributed by atoms with E-state index in [-0.39, 0.29) is 61.5 Å². The molecule has 1 N–H and O–H groups in total. The monoisotopic (exact) mass is 551 g/mol. The number of carbonyl (C=O) groups excluding carboxylic acids is 6. The number of rotatable bonds is 6. The van der Waals surface area contributed by atoms with Crippen LogP contribution in [0.4, 0.5) is 17.1 Å². The van der Waals surface area contributed by atoms with Crippen LogP contribution in [0.5, 0.6) is 0 Å². The fourth-order valence-corrected chi connectivity index (χ4v) is 5.18. The first-order valence-corrected chi connectivity index (χ1v) is 13.0. The van der Waals surface area contributed by atoms with E-state index in [4.69, 9.17) is 11.6 Å². The fraction of sp³-hybridized carbons (Fsp3) is 0.333. The van der Waals surface area contributed by atoms with Crippen LogP contribution in [-0.2, 0) is 24.0 Å². The Morgan fingerprint density at radius 3 is 2.36 bits per heavy atom. The minimum Gasteiger partial charge on any atom is -0.339 e. The lowest BCUT2D eigenvalue weighted by Gasteiger charge is -2.35. The number of carbonyl (C=O) groups is 6. The second-order valence-electron chi connectivity index (χ2n) is 9.61. The van der Waals surface area contributed by atoms with Gasteiger partial charge in [0.15, 0.2) is 5.78 Å². The molecule has 0 aromatic heterocycles. The maximum Gasteiger partial charge on any atom is 0.299 e. The summed E-state index contributed by atoms with van der Waals surface area (Å²) in [5.41, 5.74) is 1.65. The number of amides is 4. The number of nitrogens with one attached hydrogen (secondary N) is 1. The van der Waals surface area contributed by atoms with Crippen LogP contribution in [0.25, 0.3) is 0 Å². The molecule has 0 bridgehead atoms. The van der Waals surface area contributed by atoms with Crippen molar-refractivity contribution in [2.45, 2.75) is 12.8 Å². The van der Waals surface area contributed by atoms with Crippen molar-refractivity contribution in [3.8, 4) is 0 Å². The first-order chi connectivity index (χ1) is 18.7. The molecular formula is C27H26ClN5O6. The van der Waals surface area contributed by atoms with Gasteiger partial charge in [-0.25, -0.2) is 0 Å². The molecule has 12 heteroatoms. The lowest BCUT2D eigenvalue weighted by Crippen LogP contribution is -2.52. The van der Waals surface area contributed by atoms with E-state index in [2.05, 4.69) is 5.32 Å². The van der Waals surface area contributed by atoms with E-state index in [1.807, 2.05) is 4.90 Å². The molecule has 202 valence electrons. The number of para-hydroxylation sites is 2. The Labute approximate surface area is 229 Å². The van der Waals surface area contributed by atoms with Crippen LogP contribution in [0.15, 0.2) is 42.5 Å². The maximum atomic E-state index is 13.0. The van der Waals surface area contributed by atoms with E-state index < -0.39 is 11.7 Å². The van der Waals surface area contributed by atoms with Gasteiger partial charge in [-0.1, -0.05) is 23.7 Å². The zero-order chi connectivity index (χ0) is 27.7. The van der Waals surface area contributed by atoms with E-state index in [0.717, 1.165) is 0 Å². The van der Waals surface area contributed by atoms with Crippen LogP contribution in [0.2, 0.25) is 5.02 Å². The molecule has 5 rings (SSSR count). The van der Waals surface area contributed by atoms with Crippen molar-refractivity contribution in [1.29, 1.82) is 0 Å². The molecule has 3 aliphatic rings. The summed E-state index contributed by atoms with van der Waals surface area (Å²) in [6.45, 7) is 1.53. The summed E-state index contributed by atoms with van der Waals surface area (Å²) in [5.74, 6) is -2.57. The number of benzene rings is 2. The largest absolute Gasteiger partial charge is 0.339 e. The van der Waals surface area contributed by atoms with Gasteiger partial charge >= 0.3 is 0 Å². The molecule has 4 amide bonds. The number of hydrogen-bond donors (Lipinski definition) is 1. The van der Waals surface area contributed by atoms with Gasteiger partial charge < -0.3 is 15.1 Å². The smallest absolute Gasteiger partial charge is 0.299 e. The van der Waals surface area contributed by atoms with Crippen molar-refractivity contribution in [3.05, 3.63) is 53.1 Å². The van der Waals surface area contributed by atoms with E-state index in [0.29, 0.717) is 48.3 Å². The first kappa shape index (κ1) is 26.5. The molecule has 1 fully saturated rings. The summed E-state index contributed by atoms with van der Waals surface area (Å²) in [4.78, 5) is 81.4. The zero-order valence-electron chi connectivity index (χ0n) is 21.0. The van der Waals surface area contributed by atoms with E-state index in [1.54, 1.807) is 41.3 Å². The molecule has 0 spiro atoms. The van der Waals surface area contributed by atoms with Crippen LogP contribution in [0.1, 0.15) is 23.2 Å². The molecule has 39 heavy (non-hydrogen) atoms. The molecule has 0 atom stereocenters. The van der Waals surface area contributed by atoms with Crippen LogP contribution >= 0.6 is 11.6 Å². The predicted octanol–water partition coefficient (Wildman–Crippen LogP) is 1.35. The van der Waals surface area contributed by atoms with Crippen molar-refractivity contribution >= 4 is 63.9 Å². The maximum absolute atomic E-state index is 13.0. The Balaban J connectivity index is 1.12. The minimum atomic E-state index is -0.762. The van der Waals surface area contributed by atoms with Gasteiger partial charge in [0.05, 0.1) is 35.6 Å². The summed E-state index contributed by atoms with van der Waals surface area (Å²) < 4.78 is 0. The first-order valence-electron chi connectivity index (χ1n) is 12.6. The second kappa shape index (κ2) is 11.0. The predicted molar refractivity (Wildman–Crippen MR) is 143 cm³/mol. The van der Waals surface area contributed by atoms with Crippen LogP contribution in [-0.4, -0.2) is 90.8 Å². The van der Waals surface area contributed by atoms with Gasteiger partial charge in [0, 0.05) is 44.2 Å². The molecule has 11 nitrogen and oxygen atoms in total. The fourth-order valence-electron chi connectivity index (χ4n) is 5.01. The molecule has 0 unspecified atom stereocenters. The average Bonchev–Trinajstić information content (AvgIpc) is 3.03. The molecule has 0 saturated carbocycles. The van der Waals surface area contributed by atoms with Crippen molar-refractivity contribution in [2.75, 3.05) is 60.9 Å². The highest BCUT2D eigenvalue weighted by Crippen LogP contribution is 2.31. The highest BCUT2D eigenvalue weighted by molar-refractivity contribution is 6.53. The molecule has 3 aliphatic heterocycles. The van der Waals surface area contributed by atoms with Gasteiger partial charge in [-0.05, 0) is 30.3 Å². The Morgan fingerprint density at radius 2 is 1.59 bits per heavy atom. The average molecular weight is 552 g/mol. The highest BCUT2D eigenvalue weighted by Gasteiger charge is 2.38. The van der Waals surface area contributed by atoms with Crippen molar-refractivity contribution < 1.29 is 28.8 Å². The van der Waals surface area contributed by atoms with Crippen molar-refractivity contribution in [1.82, 2.24) is 9.80 Å². The van der Waals surface area contributed by atoms with Crippen LogP contribution in [0, 0.1) is 0 Å². The third-order valence-electron chi connectivity index (χ3n) is 7.03. The van der Waals surface area contributed by atoms with Gasteiger partial charge in [0.2, 0.25) is 17.7 Å². The number of hydrogen-bond acceptors (Lipinski definition) is 7. The summed E-state index contributed by atoms with van der Waals surface area (Å²) in [7, 11) is 0. The highest BCUT2D eigenvalue weighted by atomic mass is 35.5. The quantitative estimate of drug-likeness (QED) is 0.424. The summed E-state index contributed by atoms with van der Waals surface area (Å²) >= 11 is 5.94. The van der Waals surface area contributed by atoms with E-state index >= 15 is 0 Å². The Bertz CT molecular complexity index is 1390. The third-order valence-corrected chi connectivity index (χ3v) is 7.27. The van der Waals surface area contributed by atoms with Crippen molar-refractivity contribution in [2.24, 2.45) is 0 Å². The molecule has 2 aromatic carbocycles. The van der Waals surface area contributed by atoms with Gasteiger partial charge in [0.25, 0.3) is 11.7 Å². The van der Waals surface area contributed by atoms with Gasteiger partial charge in [-0.15, -0.1) is 0 Å². The topological polar surface area (TPSA) is 127 Å². The molecule has 2 aromatic rings. The van der Waals surface area contributed by atoms with Gasteiger partial charge in [0.1, 0.15) is 6.54 Å². The molecule has 0 aliphatic carbocycles.